The number of hydrogen-bond acceptors (Lipinski definition) is 3. The molecule has 0 radical (unpaired) electrons. The molecule has 0 spiro atoms. The maximum atomic E-state index is 5.65. The molecule has 0 saturated carbocycles. The first kappa shape index (κ1) is 9.74. The van der Waals surface area contributed by atoms with Gasteiger partial charge >= 0.3 is 0 Å². The molecule has 80 valence electrons. The Morgan fingerprint density at radius 2 is 2.06 bits per heavy atom. The smallest absolute Gasteiger partial charge is 0.161 e. The molecule has 2 aromatic heterocycles. The van der Waals surface area contributed by atoms with Crippen molar-refractivity contribution in [2.24, 2.45) is 5.73 Å². The van der Waals surface area contributed by atoms with Gasteiger partial charge in [0.15, 0.2) is 11.5 Å². The standard InChI is InChI=1S/C11H9BrN4/c12-8-2-3-9-7(5-8)1-4-10-14-15-11(6-13)16(9)10/h1-5H,6,13H2. The Morgan fingerprint density at radius 1 is 1.19 bits per heavy atom. The average molecular weight is 277 g/mol. The van der Waals surface area contributed by atoms with E-state index in [1.807, 2.05) is 28.7 Å². The Morgan fingerprint density at radius 3 is 2.88 bits per heavy atom. The first-order chi connectivity index (χ1) is 7.79. The van der Waals surface area contributed by atoms with Gasteiger partial charge in [0.25, 0.3) is 0 Å². The zero-order chi connectivity index (χ0) is 11.1. The third-order valence-electron chi connectivity index (χ3n) is 2.58. The molecule has 2 N–H and O–H groups in total. The highest BCUT2D eigenvalue weighted by molar-refractivity contribution is 9.10. The van der Waals surface area contributed by atoms with Gasteiger partial charge in [-0.05, 0) is 35.7 Å². The van der Waals surface area contributed by atoms with Gasteiger partial charge in [0, 0.05) is 4.47 Å². The van der Waals surface area contributed by atoms with Gasteiger partial charge in [-0.1, -0.05) is 15.9 Å². The first-order valence-electron chi connectivity index (χ1n) is 4.92. The molecule has 0 amide bonds. The largest absolute Gasteiger partial charge is 0.324 e. The predicted molar refractivity (Wildman–Crippen MR) is 66.1 cm³/mol. The number of hydrogen-bond donors (Lipinski definition) is 1. The number of aromatic nitrogens is 3. The van der Waals surface area contributed by atoms with E-state index in [-0.39, 0.29) is 0 Å². The van der Waals surface area contributed by atoms with Crippen molar-refractivity contribution in [1.82, 2.24) is 14.6 Å². The Hall–Kier alpha value is -1.46. The molecule has 0 unspecified atom stereocenters. The molecule has 0 bridgehead atoms. The van der Waals surface area contributed by atoms with Gasteiger partial charge < -0.3 is 5.73 Å². The molecular formula is C11H9BrN4. The molecular weight excluding hydrogens is 268 g/mol. The van der Waals surface area contributed by atoms with Gasteiger partial charge in [0.05, 0.1) is 12.1 Å². The Labute approximate surface area is 100 Å². The van der Waals surface area contributed by atoms with Crippen molar-refractivity contribution < 1.29 is 0 Å². The van der Waals surface area contributed by atoms with Gasteiger partial charge in [-0.3, -0.25) is 4.40 Å². The van der Waals surface area contributed by atoms with Crippen LogP contribution >= 0.6 is 15.9 Å². The molecule has 3 rings (SSSR count). The lowest BCUT2D eigenvalue weighted by molar-refractivity contribution is 0.894. The molecule has 16 heavy (non-hydrogen) atoms. The van der Waals surface area contributed by atoms with Crippen LogP contribution < -0.4 is 5.73 Å². The molecule has 5 heteroatoms. The van der Waals surface area contributed by atoms with E-state index in [0.717, 1.165) is 26.8 Å². The molecule has 0 saturated heterocycles. The second-order valence-corrected chi connectivity index (χ2v) is 4.47. The topological polar surface area (TPSA) is 56.2 Å². The third-order valence-corrected chi connectivity index (χ3v) is 3.07. The van der Waals surface area contributed by atoms with E-state index in [4.69, 9.17) is 5.73 Å². The summed E-state index contributed by atoms with van der Waals surface area (Å²) in [5, 5.41) is 9.28. The minimum Gasteiger partial charge on any atom is -0.324 e. The highest BCUT2D eigenvalue weighted by Crippen LogP contribution is 2.21. The average Bonchev–Trinajstić information content (AvgIpc) is 2.71. The van der Waals surface area contributed by atoms with Crippen LogP contribution in [0.3, 0.4) is 0 Å². The maximum Gasteiger partial charge on any atom is 0.161 e. The van der Waals surface area contributed by atoms with E-state index in [0.29, 0.717) is 6.54 Å². The van der Waals surface area contributed by atoms with Gasteiger partial charge in [-0.2, -0.15) is 0 Å². The van der Waals surface area contributed by atoms with Crippen molar-refractivity contribution in [1.29, 1.82) is 0 Å². The summed E-state index contributed by atoms with van der Waals surface area (Å²) in [6.45, 7) is 0.385. The van der Waals surface area contributed by atoms with Crippen LogP contribution in [0.5, 0.6) is 0 Å². The minimum absolute atomic E-state index is 0.385. The molecule has 0 aliphatic heterocycles. The number of nitrogens with zero attached hydrogens (tertiary/aromatic N) is 3. The Kier molecular flexibility index (Phi) is 2.15. The molecule has 0 atom stereocenters. The monoisotopic (exact) mass is 276 g/mol. The summed E-state index contributed by atoms with van der Waals surface area (Å²) in [7, 11) is 0. The highest BCUT2D eigenvalue weighted by atomic mass is 79.9. The third kappa shape index (κ3) is 1.32. The first-order valence-corrected chi connectivity index (χ1v) is 5.71. The van der Waals surface area contributed by atoms with Crippen molar-refractivity contribution in [3.05, 3.63) is 40.6 Å². The van der Waals surface area contributed by atoms with Gasteiger partial charge in [-0.25, -0.2) is 0 Å². The van der Waals surface area contributed by atoms with Crippen LogP contribution in [0.15, 0.2) is 34.8 Å². The van der Waals surface area contributed by atoms with Gasteiger partial charge in [0.2, 0.25) is 0 Å². The molecule has 0 fully saturated rings. The predicted octanol–water partition coefficient (Wildman–Crippen LogP) is 2.10. The summed E-state index contributed by atoms with van der Waals surface area (Å²) in [6, 6.07) is 10.1. The summed E-state index contributed by atoms with van der Waals surface area (Å²) in [6.07, 6.45) is 0. The molecule has 0 aliphatic carbocycles. The van der Waals surface area contributed by atoms with Crippen LogP contribution in [0.25, 0.3) is 16.6 Å². The van der Waals surface area contributed by atoms with Crippen LogP contribution in [0, 0.1) is 0 Å². The van der Waals surface area contributed by atoms with E-state index in [1.165, 1.54) is 0 Å². The van der Waals surface area contributed by atoms with Crippen LogP contribution in [-0.2, 0) is 6.54 Å². The van der Waals surface area contributed by atoms with Crippen molar-refractivity contribution >= 4 is 32.5 Å². The van der Waals surface area contributed by atoms with Gasteiger partial charge in [0.1, 0.15) is 0 Å². The molecule has 4 nitrogen and oxygen atoms in total. The van der Waals surface area contributed by atoms with Crippen molar-refractivity contribution in [3.8, 4) is 0 Å². The zero-order valence-corrected chi connectivity index (χ0v) is 9.98. The summed E-state index contributed by atoms with van der Waals surface area (Å²) in [5.74, 6) is 0.780. The number of nitrogens with two attached hydrogens (primary N) is 1. The summed E-state index contributed by atoms with van der Waals surface area (Å²) in [4.78, 5) is 0. The van der Waals surface area contributed by atoms with E-state index < -0.39 is 0 Å². The van der Waals surface area contributed by atoms with Crippen molar-refractivity contribution in [2.75, 3.05) is 0 Å². The van der Waals surface area contributed by atoms with Crippen LogP contribution in [0.2, 0.25) is 0 Å². The fourth-order valence-corrected chi connectivity index (χ4v) is 2.24. The van der Waals surface area contributed by atoms with Crippen LogP contribution in [0.4, 0.5) is 0 Å². The lowest BCUT2D eigenvalue weighted by atomic mass is 10.2. The van der Waals surface area contributed by atoms with Crippen LogP contribution in [0.1, 0.15) is 5.82 Å². The normalized spacial score (nSPS) is 11.4. The molecule has 1 aromatic carbocycles. The SMILES string of the molecule is NCc1nnc2ccc3cc(Br)ccc3n12. The second kappa shape index (κ2) is 3.54. The Bertz CT molecular complexity index is 674. The number of pyridine rings is 1. The number of rotatable bonds is 1. The van der Waals surface area contributed by atoms with Crippen molar-refractivity contribution in [3.63, 3.8) is 0 Å². The Balaban J connectivity index is 2.51. The fraction of sp³-hybridized carbons (Fsp3) is 0.0909. The quantitative estimate of drug-likeness (QED) is 0.741. The molecule has 0 aliphatic rings. The number of fused-ring (bicyclic) bond motifs is 3. The lowest BCUT2D eigenvalue weighted by Crippen LogP contribution is -2.03. The van der Waals surface area contributed by atoms with Gasteiger partial charge in [-0.15, -0.1) is 10.2 Å². The van der Waals surface area contributed by atoms with Crippen molar-refractivity contribution in [2.45, 2.75) is 6.54 Å². The number of benzene rings is 1. The fourth-order valence-electron chi connectivity index (χ4n) is 1.86. The summed E-state index contributed by atoms with van der Waals surface area (Å²) >= 11 is 3.46. The molecule has 3 aromatic rings. The zero-order valence-electron chi connectivity index (χ0n) is 8.39. The highest BCUT2D eigenvalue weighted by Gasteiger charge is 2.07. The maximum absolute atomic E-state index is 5.65. The minimum atomic E-state index is 0.385. The lowest BCUT2D eigenvalue weighted by Gasteiger charge is -2.03. The number of halogens is 1. The summed E-state index contributed by atoms with van der Waals surface area (Å²) in [5.41, 5.74) is 7.55. The van der Waals surface area contributed by atoms with E-state index in [2.05, 4.69) is 32.2 Å². The summed E-state index contributed by atoms with van der Waals surface area (Å²) < 4.78 is 3.05. The second-order valence-electron chi connectivity index (χ2n) is 3.55. The van der Waals surface area contributed by atoms with E-state index in [9.17, 15) is 0 Å². The molecule has 2 heterocycles. The van der Waals surface area contributed by atoms with Crippen LogP contribution in [-0.4, -0.2) is 14.6 Å². The van der Waals surface area contributed by atoms with E-state index >= 15 is 0 Å². The van der Waals surface area contributed by atoms with E-state index in [1.54, 1.807) is 0 Å².